The van der Waals surface area contributed by atoms with Crippen molar-refractivity contribution >= 4 is 11.7 Å². The van der Waals surface area contributed by atoms with Gasteiger partial charge in [0.25, 0.3) is 0 Å². The Morgan fingerprint density at radius 2 is 1.64 bits per heavy atom. The molecule has 22 heavy (non-hydrogen) atoms. The summed E-state index contributed by atoms with van der Waals surface area (Å²) in [6.07, 6.45) is 6.61. The molecular formula is C18H36N2O2. The van der Waals surface area contributed by atoms with Crippen molar-refractivity contribution in [3.05, 3.63) is 0 Å². The average Bonchev–Trinajstić information content (AvgIpc) is 2.44. The zero-order valence-corrected chi connectivity index (χ0v) is 15.2. The summed E-state index contributed by atoms with van der Waals surface area (Å²) in [6.45, 7) is 10.9. The van der Waals surface area contributed by atoms with Crippen LogP contribution < -0.4 is 10.6 Å². The summed E-state index contributed by atoms with van der Waals surface area (Å²) in [6, 6.07) is 0.256. The topological polar surface area (TPSA) is 58.2 Å². The van der Waals surface area contributed by atoms with E-state index in [1.165, 1.54) is 0 Å². The number of carbonyl (C=O) groups is 2. The van der Waals surface area contributed by atoms with Gasteiger partial charge in [-0.05, 0) is 25.7 Å². The Hall–Kier alpha value is -0.900. The van der Waals surface area contributed by atoms with Crippen LogP contribution in [-0.4, -0.2) is 30.3 Å². The minimum Gasteiger partial charge on any atom is -0.356 e. The lowest BCUT2D eigenvalue weighted by Gasteiger charge is -2.22. The Balaban J connectivity index is 3.89. The fraction of sp³-hybridized carbons (Fsp3) is 0.889. The number of carbonyl (C=O) groups excluding carboxylic acids is 2. The first-order valence-electron chi connectivity index (χ1n) is 8.94. The standard InChI is InChI=1S/C18H36N2O2/c1-6-7-8-12-17(21)19-13-10-9-11-16(20-15(4)5)18(22)14(2)3/h14-16,20H,6-13H2,1-5H3,(H,19,21). The number of amides is 1. The molecule has 0 aliphatic carbocycles. The number of rotatable bonds is 13. The quantitative estimate of drug-likeness (QED) is 0.512. The number of Topliss-reactive ketones (excluding diaryl/α,β-unsaturated/α-hetero) is 1. The molecule has 4 heteroatoms. The van der Waals surface area contributed by atoms with Crippen LogP contribution in [0.3, 0.4) is 0 Å². The molecule has 0 aliphatic heterocycles. The van der Waals surface area contributed by atoms with Crippen molar-refractivity contribution in [3.63, 3.8) is 0 Å². The minimum atomic E-state index is -0.0553. The lowest BCUT2D eigenvalue weighted by molar-refractivity contribution is -0.124. The average molecular weight is 312 g/mol. The van der Waals surface area contributed by atoms with E-state index < -0.39 is 0 Å². The normalized spacial score (nSPS) is 12.7. The number of hydrogen-bond donors (Lipinski definition) is 2. The fourth-order valence-electron chi connectivity index (χ4n) is 2.44. The molecule has 1 atom stereocenters. The highest BCUT2D eigenvalue weighted by atomic mass is 16.1. The largest absolute Gasteiger partial charge is 0.356 e. The van der Waals surface area contributed by atoms with E-state index in [0.717, 1.165) is 45.1 Å². The Kier molecular flexibility index (Phi) is 12.1. The molecule has 0 saturated carbocycles. The third kappa shape index (κ3) is 10.8. The molecule has 2 N–H and O–H groups in total. The van der Waals surface area contributed by atoms with Crippen molar-refractivity contribution in [2.75, 3.05) is 6.54 Å². The van der Waals surface area contributed by atoms with Crippen LogP contribution in [0.15, 0.2) is 0 Å². The molecule has 1 amide bonds. The van der Waals surface area contributed by atoms with Gasteiger partial charge >= 0.3 is 0 Å². The van der Waals surface area contributed by atoms with E-state index in [1.807, 2.05) is 13.8 Å². The molecule has 0 aromatic rings. The van der Waals surface area contributed by atoms with Gasteiger partial charge in [0.15, 0.2) is 5.78 Å². The Bertz CT molecular complexity index is 314. The van der Waals surface area contributed by atoms with Crippen LogP contribution in [0.2, 0.25) is 0 Å². The predicted octanol–water partition coefficient (Wildman–Crippen LogP) is 3.44. The minimum absolute atomic E-state index is 0.0553. The predicted molar refractivity (Wildman–Crippen MR) is 92.9 cm³/mol. The summed E-state index contributed by atoms with van der Waals surface area (Å²) >= 11 is 0. The molecule has 0 aromatic carbocycles. The van der Waals surface area contributed by atoms with Crippen molar-refractivity contribution in [1.29, 1.82) is 0 Å². The van der Waals surface area contributed by atoms with Gasteiger partial charge in [-0.1, -0.05) is 47.5 Å². The number of nitrogens with one attached hydrogen (secondary N) is 2. The molecule has 0 spiro atoms. The first kappa shape index (κ1) is 21.1. The van der Waals surface area contributed by atoms with Crippen LogP contribution >= 0.6 is 0 Å². The van der Waals surface area contributed by atoms with Crippen molar-refractivity contribution in [2.24, 2.45) is 5.92 Å². The molecule has 0 heterocycles. The fourth-order valence-corrected chi connectivity index (χ4v) is 2.44. The highest BCUT2D eigenvalue weighted by Crippen LogP contribution is 2.09. The van der Waals surface area contributed by atoms with E-state index in [0.29, 0.717) is 12.5 Å². The van der Waals surface area contributed by atoms with E-state index in [2.05, 4.69) is 31.4 Å². The summed E-state index contributed by atoms with van der Waals surface area (Å²) in [5.74, 6) is 0.510. The maximum Gasteiger partial charge on any atom is 0.219 e. The van der Waals surface area contributed by atoms with Gasteiger partial charge < -0.3 is 10.6 Å². The molecule has 0 fully saturated rings. The Morgan fingerprint density at radius 3 is 2.18 bits per heavy atom. The second-order valence-corrected chi connectivity index (χ2v) is 6.73. The third-order valence-corrected chi connectivity index (χ3v) is 3.70. The molecule has 0 aliphatic rings. The maximum atomic E-state index is 12.2. The van der Waals surface area contributed by atoms with Crippen LogP contribution in [-0.2, 0) is 9.59 Å². The first-order chi connectivity index (χ1) is 10.4. The van der Waals surface area contributed by atoms with Crippen LogP contribution in [0.25, 0.3) is 0 Å². The van der Waals surface area contributed by atoms with E-state index in [9.17, 15) is 9.59 Å². The van der Waals surface area contributed by atoms with Gasteiger partial charge in [0, 0.05) is 24.9 Å². The van der Waals surface area contributed by atoms with E-state index in [4.69, 9.17) is 0 Å². The number of ketones is 1. The van der Waals surface area contributed by atoms with E-state index in [1.54, 1.807) is 0 Å². The lowest BCUT2D eigenvalue weighted by atomic mass is 9.96. The summed E-state index contributed by atoms with van der Waals surface area (Å²) in [4.78, 5) is 23.7. The highest BCUT2D eigenvalue weighted by molar-refractivity contribution is 5.85. The second kappa shape index (κ2) is 12.6. The molecule has 0 rings (SSSR count). The Labute approximate surface area is 136 Å². The number of hydrogen-bond acceptors (Lipinski definition) is 3. The van der Waals surface area contributed by atoms with Gasteiger partial charge in [-0.25, -0.2) is 0 Å². The monoisotopic (exact) mass is 312 g/mol. The SMILES string of the molecule is CCCCCC(=O)NCCCCC(NC(C)C)C(=O)C(C)C. The summed E-state index contributed by atoms with van der Waals surface area (Å²) in [5, 5.41) is 6.32. The molecular weight excluding hydrogens is 276 g/mol. The van der Waals surface area contributed by atoms with E-state index in [-0.39, 0.29) is 23.7 Å². The van der Waals surface area contributed by atoms with Crippen LogP contribution in [0.4, 0.5) is 0 Å². The van der Waals surface area contributed by atoms with Gasteiger partial charge in [-0.2, -0.15) is 0 Å². The molecule has 1 unspecified atom stereocenters. The van der Waals surface area contributed by atoms with Crippen molar-refractivity contribution < 1.29 is 9.59 Å². The van der Waals surface area contributed by atoms with Gasteiger partial charge in [-0.3, -0.25) is 9.59 Å². The van der Waals surface area contributed by atoms with Gasteiger partial charge in [0.05, 0.1) is 6.04 Å². The smallest absolute Gasteiger partial charge is 0.219 e. The van der Waals surface area contributed by atoms with Crippen molar-refractivity contribution in [3.8, 4) is 0 Å². The van der Waals surface area contributed by atoms with Crippen LogP contribution in [0, 0.1) is 5.92 Å². The van der Waals surface area contributed by atoms with Gasteiger partial charge in [0.2, 0.25) is 5.91 Å². The molecule has 130 valence electrons. The summed E-state index contributed by atoms with van der Waals surface area (Å²) in [5.41, 5.74) is 0. The first-order valence-corrected chi connectivity index (χ1v) is 8.94. The molecule has 0 aromatic heterocycles. The highest BCUT2D eigenvalue weighted by Gasteiger charge is 2.21. The molecule has 0 radical (unpaired) electrons. The second-order valence-electron chi connectivity index (χ2n) is 6.73. The van der Waals surface area contributed by atoms with Crippen molar-refractivity contribution in [1.82, 2.24) is 10.6 Å². The van der Waals surface area contributed by atoms with Crippen LogP contribution in [0.1, 0.15) is 79.6 Å². The zero-order chi connectivity index (χ0) is 17.0. The summed E-state index contributed by atoms with van der Waals surface area (Å²) in [7, 11) is 0. The lowest BCUT2D eigenvalue weighted by Crippen LogP contribution is -2.42. The van der Waals surface area contributed by atoms with Gasteiger partial charge in [-0.15, -0.1) is 0 Å². The van der Waals surface area contributed by atoms with Crippen LogP contribution in [0.5, 0.6) is 0 Å². The third-order valence-electron chi connectivity index (χ3n) is 3.70. The zero-order valence-electron chi connectivity index (χ0n) is 15.2. The number of unbranched alkanes of at least 4 members (excludes halogenated alkanes) is 3. The molecule has 0 saturated heterocycles. The Morgan fingerprint density at radius 1 is 0.955 bits per heavy atom. The van der Waals surface area contributed by atoms with Gasteiger partial charge in [0.1, 0.15) is 0 Å². The molecule has 0 bridgehead atoms. The summed E-state index contributed by atoms with van der Waals surface area (Å²) < 4.78 is 0. The molecule has 4 nitrogen and oxygen atoms in total. The van der Waals surface area contributed by atoms with Crippen molar-refractivity contribution in [2.45, 2.75) is 91.6 Å². The van der Waals surface area contributed by atoms with E-state index >= 15 is 0 Å². The maximum absolute atomic E-state index is 12.2.